The van der Waals surface area contributed by atoms with Crippen molar-refractivity contribution in [1.82, 2.24) is 28.5 Å². The third kappa shape index (κ3) is 12.9. The molecule has 6 rings (SSSR count). The monoisotopic (exact) mass is 952 g/mol. The number of carbonyl (C=O) groups excluding carboxylic acids is 2. The van der Waals surface area contributed by atoms with Crippen LogP contribution in [0.25, 0.3) is 0 Å². The van der Waals surface area contributed by atoms with Gasteiger partial charge in [0.25, 0.3) is 0 Å². The first-order valence-corrected chi connectivity index (χ1v) is 24.8. The second-order valence-corrected chi connectivity index (χ2v) is 20.4. The van der Waals surface area contributed by atoms with Crippen LogP contribution in [0.4, 0.5) is 26.4 Å². The maximum atomic E-state index is 14.0. The second-order valence-electron chi connectivity index (χ2n) is 14.8. The van der Waals surface area contributed by atoms with Gasteiger partial charge in [0.2, 0.25) is 42.7 Å². The standard InChI is InChI=1S/C19H24FN5O4S.C15H16FN3O3S.C6H14N2O2S/c1-11-14(20)4-5-15(29-2)16(11)17(26)13-10-22-19(24-18(13)21)23-12-6-8-25(9-7-12)30(3,27)28;1-4-23(21)15-18-7-9(14(17)19-15)13(20)12-8(2)10(16)5-6-11(12)22-3;1-11(9,10)8-4-2-6(7)3-5-8/h4-5,10,12H,6-9H2,1-3H3,(H3,21,22,23,24);5-7H,4H2,1-3H3,(H2,17,18,19);6H,2-5,7H2,1H3. The number of nitrogen functional groups attached to an aromatic ring is 2. The molecule has 0 aliphatic carbocycles. The molecule has 7 N–H and O–H groups in total. The second kappa shape index (κ2) is 22.1. The van der Waals surface area contributed by atoms with Crippen molar-refractivity contribution in [2.24, 2.45) is 5.73 Å². The Hall–Kier alpha value is -5.27. The summed E-state index contributed by atoms with van der Waals surface area (Å²) in [7, 11) is -4.77. The highest BCUT2D eigenvalue weighted by atomic mass is 32.2. The highest BCUT2D eigenvalue weighted by Crippen LogP contribution is 2.30. The van der Waals surface area contributed by atoms with Crippen molar-refractivity contribution in [2.45, 2.75) is 63.7 Å². The number of nitrogens with zero attached hydrogens (tertiary/aromatic N) is 6. The molecule has 19 nitrogen and oxygen atoms in total. The molecular formula is C40H54F2N10O9S3. The average molecular weight is 953 g/mol. The first-order valence-electron chi connectivity index (χ1n) is 19.8. The van der Waals surface area contributed by atoms with E-state index in [0.717, 1.165) is 12.8 Å². The van der Waals surface area contributed by atoms with Gasteiger partial charge in [-0.2, -0.15) is 4.98 Å². The Kier molecular flexibility index (Phi) is 17.7. The molecule has 2 aliphatic rings. The topological polar surface area (TPSA) is 286 Å². The highest BCUT2D eigenvalue weighted by Gasteiger charge is 2.28. The van der Waals surface area contributed by atoms with Gasteiger partial charge in [-0.05, 0) is 74.9 Å². The Morgan fingerprint density at radius 3 is 1.58 bits per heavy atom. The third-order valence-corrected chi connectivity index (χ3v) is 14.1. The van der Waals surface area contributed by atoms with E-state index in [9.17, 15) is 39.4 Å². The number of hydrogen-bond acceptors (Lipinski definition) is 17. The van der Waals surface area contributed by atoms with Crippen molar-refractivity contribution >= 4 is 60.0 Å². The molecule has 4 aromatic rings. The number of rotatable bonds is 12. The maximum Gasteiger partial charge on any atom is 0.224 e. The lowest BCUT2D eigenvalue weighted by Gasteiger charge is -2.30. The Morgan fingerprint density at radius 2 is 1.19 bits per heavy atom. The lowest BCUT2D eigenvalue weighted by Crippen LogP contribution is -2.42. The van der Waals surface area contributed by atoms with E-state index in [4.69, 9.17) is 26.7 Å². The predicted octanol–water partition coefficient (Wildman–Crippen LogP) is 2.82. The summed E-state index contributed by atoms with van der Waals surface area (Å²) in [5.41, 5.74) is 17.9. The molecule has 350 valence electrons. The number of nitrogens with two attached hydrogens (primary N) is 3. The predicted molar refractivity (Wildman–Crippen MR) is 239 cm³/mol. The Labute approximate surface area is 374 Å². The van der Waals surface area contributed by atoms with Crippen molar-refractivity contribution in [2.75, 3.05) is 75.4 Å². The summed E-state index contributed by atoms with van der Waals surface area (Å²) < 4.78 is 97.8. The molecule has 2 aliphatic heterocycles. The van der Waals surface area contributed by atoms with Gasteiger partial charge in [0, 0.05) is 56.4 Å². The van der Waals surface area contributed by atoms with E-state index in [1.54, 1.807) is 6.92 Å². The Balaban J connectivity index is 0.000000232. The van der Waals surface area contributed by atoms with Gasteiger partial charge in [-0.3, -0.25) is 13.8 Å². The SMILES string of the molecule is CCS(=O)c1ncc(C(=O)c2c(OC)ccc(F)c2C)c(N)n1.COc1ccc(F)c(C)c1C(=O)c1cnc(NC2CCN(S(C)(=O)=O)CC2)nc1N.CS(=O)(=O)N1CCC(N)CC1. The summed E-state index contributed by atoms with van der Waals surface area (Å²) in [6.07, 6.45) is 7.69. The van der Waals surface area contributed by atoms with Crippen molar-refractivity contribution in [3.8, 4) is 11.5 Å². The molecule has 0 amide bonds. The number of nitrogens with one attached hydrogen (secondary N) is 1. The molecule has 0 radical (unpaired) electrons. The van der Waals surface area contributed by atoms with E-state index in [2.05, 4.69) is 25.3 Å². The minimum absolute atomic E-state index is 0.00820. The van der Waals surface area contributed by atoms with Crippen LogP contribution in [0.3, 0.4) is 0 Å². The highest BCUT2D eigenvalue weighted by molar-refractivity contribution is 7.88. The quantitative estimate of drug-likeness (QED) is 0.117. The molecule has 0 saturated carbocycles. The van der Waals surface area contributed by atoms with Crippen LogP contribution in [0, 0.1) is 25.5 Å². The smallest absolute Gasteiger partial charge is 0.224 e. The van der Waals surface area contributed by atoms with Crippen LogP contribution in [0.1, 0.15) is 75.6 Å². The third-order valence-electron chi connectivity index (χ3n) is 10.4. The number of methoxy groups -OCH3 is 2. The summed E-state index contributed by atoms with van der Waals surface area (Å²) in [5.74, 6) is -1.25. The van der Waals surface area contributed by atoms with Gasteiger partial charge in [-0.15, -0.1) is 0 Å². The minimum atomic E-state index is -3.20. The van der Waals surface area contributed by atoms with Gasteiger partial charge in [0.05, 0.1) is 59.8 Å². The Morgan fingerprint density at radius 1 is 0.766 bits per heavy atom. The first kappa shape index (κ1) is 51.4. The summed E-state index contributed by atoms with van der Waals surface area (Å²) in [6.45, 7) is 6.65. The van der Waals surface area contributed by atoms with Crippen LogP contribution in [-0.2, 0) is 30.8 Å². The summed E-state index contributed by atoms with van der Waals surface area (Å²) in [5, 5.41) is 3.18. The van der Waals surface area contributed by atoms with Crippen molar-refractivity contribution in [1.29, 1.82) is 0 Å². The molecule has 4 heterocycles. The number of aromatic nitrogens is 4. The van der Waals surface area contributed by atoms with Gasteiger partial charge in [-0.25, -0.2) is 49.2 Å². The molecule has 2 aromatic heterocycles. The minimum Gasteiger partial charge on any atom is -0.496 e. The van der Waals surface area contributed by atoms with E-state index < -0.39 is 54.0 Å². The molecule has 24 heteroatoms. The van der Waals surface area contributed by atoms with E-state index in [1.807, 2.05) is 0 Å². The number of anilines is 3. The zero-order chi connectivity index (χ0) is 47.7. The molecule has 2 saturated heterocycles. The molecule has 2 fully saturated rings. The number of benzene rings is 2. The van der Waals surface area contributed by atoms with Crippen LogP contribution in [0.2, 0.25) is 0 Å². The number of carbonyl (C=O) groups is 2. The van der Waals surface area contributed by atoms with Gasteiger partial charge < -0.3 is 32.0 Å². The van der Waals surface area contributed by atoms with E-state index in [1.165, 1.54) is 85.8 Å². The Bertz CT molecular complexity index is 2590. The van der Waals surface area contributed by atoms with Gasteiger partial charge >= 0.3 is 0 Å². The molecule has 1 unspecified atom stereocenters. The number of piperidine rings is 2. The van der Waals surface area contributed by atoms with Crippen LogP contribution in [-0.4, -0.2) is 132 Å². The summed E-state index contributed by atoms with van der Waals surface area (Å²) in [6, 6.07) is 5.37. The average Bonchev–Trinajstić information content (AvgIpc) is 3.25. The van der Waals surface area contributed by atoms with Crippen molar-refractivity contribution in [3.63, 3.8) is 0 Å². The van der Waals surface area contributed by atoms with E-state index >= 15 is 0 Å². The van der Waals surface area contributed by atoms with Gasteiger partial charge in [0.15, 0.2) is 0 Å². The zero-order valence-corrected chi connectivity index (χ0v) is 39.0. The largest absolute Gasteiger partial charge is 0.496 e. The lowest BCUT2D eigenvalue weighted by molar-refractivity contribution is 0.102. The van der Waals surface area contributed by atoms with E-state index in [-0.39, 0.29) is 79.7 Å². The molecular weight excluding hydrogens is 899 g/mol. The first-order chi connectivity index (χ1) is 30.0. The number of ether oxygens (including phenoxy) is 2. The summed E-state index contributed by atoms with van der Waals surface area (Å²) >= 11 is 0. The van der Waals surface area contributed by atoms with Crippen molar-refractivity contribution < 1.29 is 48.9 Å². The summed E-state index contributed by atoms with van der Waals surface area (Å²) in [4.78, 5) is 41.8. The van der Waals surface area contributed by atoms with Crippen molar-refractivity contribution in [3.05, 3.63) is 81.7 Å². The lowest BCUT2D eigenvalue weighted by atomic mass is 9.98. The maximum absolute atomic E-state index is 14.0. The number of halogens is 2. The van der Waals surface area contributed by atoms with Crippen LogP contribution < -0.4 is 32.0 Å². The molecule has 2 aromatic carbocycles. The van der Waals surface area contributed by atoms with Gasteiger partial charge in [0.1, 0.15) is 34.8 Å². The number of hydrogen-bond donors (Lipinski definition) is 4. The normalized spacial score (nSPS) is 15.8. The fourth-order valence-electron chi connectivity index (χ4n) is 6.65. The molecule has 0 spiro atoms. The van der Waals surface area contributed by atoms with Crippen LogP contribution in [0.15, 0.2) is 41.8 Å². The van der Waals surface area contributed by atoms with Gasteiger partial charge in [-0.1, -0.05) is 6.92 Å². The molecule has 64 heavy (non-hydrogen) atoms. The molecule has 1 atom stereocenters. The fourth-order valence-corrected chi connectivity index (χ4v) is 9.03. The fraction of sp³-hybridized carbons (Fsp3) is 0.450. The molecule has 0 bridgehead atoms. The van der Waals surface area contributed by atoms with Crippen LogP contribution in [0.5, 0.6) is 11.5 Å². The van der Waals surface area contributed by atoms with Crippen LogP contribution >= 0.6 is 0 Å². The van der Waals surface area contributed by atoms with E-state index in [0.29, 0.717) is 44.8 Å². The number of ketones is 2. The zero-order valence-electron chi connectivity index (χ0n) is 36.6. The number of sulfonamides is 2.